The second-order valence-corrected chi connectivity index (χ2v) is 7.42. The fourth-order valence-electron chi connectivity index (χ4n) is 2.55. The maximum absolute atomic E-state index is 12.2. The standard InChI is InChI=1S/C18H23N3O3S/c1-2-24-14-7-5-13(6-8-14)20-16(22)11-15-17(23)21-18(25-15)19-10-9-12-3-4-12/h5-8,12,15H,2-4,9-11H2,1H3,(H,20,22)(H,19,21,23). The van der Waals surface area contributed by atoms with Crippen LogP contribution in [0.1, 0.15) is 32.6 Å². The minimum absolute atomic E-state index is 0.130. The maximum Gasteiger partial charge on any atom is 0.240 e. The summed E-state index contributed by atoms with van der Waals surface area (Å²) in [7, 11) is 0. The summed E-state index contributed by atoms with van der Waals surface area (Å²) in [5.41, 5.74) is 0.690. The second-order valence-electron chi connectivity index (χ2n) is 6.22. The lowest BCUT2D eigenvalue weighted by molar-refractivity contribution is -0.122. The number of benzene rings is 1. The Labute approximate surface area is 151 Å². The van der Waals surface area contributed by atoms with E-state index in [9.17, 15) is 9.59 Å². The summed E-state index contributed by atoms with van der Waals surface area (Å²) in [5, 5.41) is 5.81. The Bertz CT molecular complexity index is 656. The Hall–Kier alpha value is -2.02. The van der Waals surface area contributed by atoms with E-state index in [-0.39, 0.29) is 18.2 Å². The van der Waals surface area contributed by atoms with E-state index in [4.69, 9.17) is 4.74 Å². The highest BCUT2D eigenvalue weighted by Crippen LogP contribution is 2.32. The molecule has 25 heavy (non-hydrogen) atoms. The van der Waals surface area contributed by atoms with Gasteiger partial charge in [0.25, 0.3) is 0 Å². The molecule has 2 N–H and O–H groups in total. The van der Waals surface area contributed by atoms with Crippen LogP contribution in [0.15, 0.2) is 29.3 Å². The highest BCUT2D eigenvalue weighted by atomic mass is 32.2. The van der Waals surface area contributed by atoms with E-state index in [2.05, 4.69) is 15.6 Å². The van der Waals surface area contributed by atoms with Crippen LogP contribution in [0, 0.1) is 5.92 Å². The van der Waals surface area contributed by atoms with Crippen molar-refractivity contribution in [1.82, 2.24) is 5.32 Å². The molecule has 0 spiro atoms. The van der Waals surface area contributed by atoms with Crippen molar-refractivity contribution in [3.05, 3.63) is 24.3 Å². The van der Waals surface area contributed by atoms with Gasteiger partial charge in [0.05, 0.1) is 6.61 Å². The molecule has 1 aliphatic carbocycles. The SMILES string of the molecule is CCOc1ccc(NC(=O)CC2SC(=NCCC3CC3)NC2=O)cc1. The molecule has 0 radical (unpaired) electrons. The molecule has 1 aromatic carbocycles. The zero-order valence-electron chi connectivity index (χ0n) is 14.3. The van der Waals surface area contributed by atoms with Crippen molar-refractivity contribution in [3.63, 3.8) is 0 Å². The highest BCUT2D eigenvalue weighted by molar-refractivity contribution is 8.15. The molecule has 1 saturated carbocycles. The number of aliphatic imine (C=N–C) groups is 1. The summed E-state index contributed by atoms with van der Waals surface area (Å²) >= 11 is 1.35. The maximum atomic E-state index is 12.2. The van der Waals surface area contributed by atoms with E-state index in [1.807, 2.05) is 6.92 Å². The van der Waals surface area contributed by atoms with E-state index in [0.717, 1.165) is 24.6 Å². The van der Waals surface area contributed by atoms with Gasteiger partial charge in [0.2, 0.25) is 11.8 Å². The first kappa shape index (κ1) is 17.8. The first-order chi connectivity index (χ1) is 12.1. The number of nitrogens with one attached hydrogen (secondary N) is 2. The molecular weight excluding hydrogens is 338 g/mol. The molecule has 1 atom stereocenters. The van der Waals surface area contributed by atoms with Gasteiger partial charge >= 0.3 is 0 Å². The molecule has 0 bridgehead atoms. The van der Waals surface area contributed by atoms with Crippen molar-refractivity contribution in [2.75, 3.05) is 18.5 Å². The summed E-state index contributed by atoms with van der Waals surface area (Å²) in [4.78, 5) is 28.6. The van der Waals surface area contributed by atoms with Crippen molar-refractivity contribution < 1.29 is 14.3 Å². The molecule has 1 aliphatic heterocycles. The number of carbonyl (C=O) groups is 2. The molecule has 2 amide bonds. The van der Waals surface area contributed by atoms with Gasteiger partial charge in [-0.2, -0.15) is 0 Å². The predicted octanol–water partition coefficient (Wildman–Crippen LogP) is 2.80. The van der Waals surface area contributed by atoms with Crippen LogP contribution in [0.2, 0.25) is 0 Å². The van der Waals surface area contributed by atoms with Crippen LogP contribution >= 0.6 is 11.8 Å². The third-order valence-corrected chi connectivity index (χ3v) is 5.21. The van der Waals surface area contributed by atoms with E-state index in [1.54, 1.807) is 24.3 Å². The fourth-order valence-corrected chi connectivity index (χ4v) is 3.55. The smallest absolute Gasteiger partial charge is 0.240 e. The lowest BCUT2D eigenvalue weighted by Crippen LogP contribution is -2.28. The van der Waals surface area contributed by atoms with Crippen LogP contribution in [0.5, 0.6) is 5.75 Å². The minimum Gasteiger partial charge on any atom is -0.494 e. The number of hydrogen-bond acceptors (Lipinski definition) is 5. The van der Waals surface area contributed by atoms with Gasteiger partial charge in [0, 0.05) is 18.7 Å². The summed E-state index contributed by atoms with van der Waals surface area (Å²) in [6.07, 6.45) is 3.82. The van der Waals surface area contributed by atoms with Crippen LogP contribution in [0.3, 0.4) is 0 Å². The number of ether oxygens (including phenoxy) is 1. The van der Waals surface area contributed by atoms with Crippen molar-refractivity contribution in [2.45, 2.75) is 37.9 Å². The van der Waals surface area contributed by atoms with Crippen molar-refractivity contribution >= 4 is 34.4 Å². The molecular formula is C18H23N3O3S. The van der Waals surface area contributed by atoms with Gasteiger partial charge in [-0.25, -0.2) is 0 Å². The van der Waals surface area contributed by atoms with Crippen LogP contribution in [-0.2, 0) is 9.59 Å². The summed E-state index contributed by atoms with van der Waals surface area (Å²) in [6, 6.07) is 7.19. The number of nitrogens with zero attached hydrogens (tertiary/aromatic N) is 1. The molecule has 1 heterocycles. The Morgan fingerprint density at radius 2 is 2.12 bits per heavy atom. The first-order valence-corrected chi connectivity index (χ1v) is 9.56. The zero-order valence-corrected chi connectivity index (χ0v) is 15.1. The molecule has 3 rings (SSSR count). The molecule has 1 aromatic rings. The van der Waals surface area contributed by atoms with E-state index in [1.165, 1.54) is 24.6 Å². The number of thioether (sulfide) groups is 1. The molecule has 7 heteroatoms. The lowest BCUT2D eigenvalue weighted by atomic mass is 10.2. The summed E-state index contributed by atoms with van der Waals surface area (Å²) in [6.45, 7) is 3.27. The van der Waals surface area contributed by atoms with E-state index in [0.29, 0.717) is 17.5 Å². The molecule has 1 unspecified atom stereocenters. The van der Waals surface area contributed by atoms with Crippen LogP contribution in [0.25, 0.3) is 0 Å². The summed E-state index contributed by atoms with van der Waals surface area (Å²) in [5.74, 6) is 1.26. The predicted molar refractivity (Wildman–Crippen MR) is 100 cm³/mol. The van der Waals surface area contributed by atoms with Gasteiger partial charge < -0.3 is 15.4 Å². The normalized spacial score (nSPS) is 21.2. The lowest BCUT2D eigenvalue weighted by Gasteiger charge is -2.08. The zero-order chi connectivity index (χ0) is 17.6. The molecule has 134 valence electrons. The van der Waals surface area contributed by atoms with Crippen molar-refractivity contribution in [1.29, 1.82) is 0 Å². The Kier molecular flexibility index (Phi) is 5.96. The Morgan fingerprint density at radius 1 is 1.36 bits per heavy atom. The van der Waals surface area contributed by atoms with Gasteiger partial charge in [-0.1, -0.05) is 24.6 Å². The quantitative estimate of drug-likeness (QED) is 0.746. The van der Waals surface area contributed by atoms with E-state index < -0.39 is 5.25 Å². The van der Waals surface area contributed by atoms with Crippen LogP contribution < -0.4 is 15.4 Å². The summed E-state index contributed by atoms with van der Waals surface area (Å²) < 4.78 is 5.37. The third-order valence-electron chi connectivity index (χ3n) is 4.09. The fraction of sp³-hybridized carbons (Fsp3) is 0.500. The monoisotopic (exact) mass is 361 g/mol. The number of amidine groups is 1. The van der Waals surface area contributed by atoms with Gasteiger partial charge in [-0.3, -0.25) is 14.6 Å². The largest absolute Gasteiger partial charge is 0.494 e. The number of amides is 2. The molecule has 0 aromatic heterocycles. The molecule has 1 saturated heterocycles. The highest BCUT2D eigenvalue weighted by Gasteiger charge is 2.32. The number of anilines is 1. The average molecular weight is 361 g/mol. The van der Waals surface area contributed by atoms with Crippen molar-refractivity contribution in [2.24, 2.45) is 10.9 Å². The van der Waals surface area contributed by atoms with Gasteiger partial charge in [-0.15, -0.1) is 0 Å². The third kappa shape index (κ3) is 5.49. The van der Waals surface area contributed by atoms with Gasteiger partial charge in [0.15, 0.2) is 5.17 Å². The van der Waals surface area contributed by atoms with Gasteiger partial charge in [-0.05, 0) is 43.5 Å². The number of carbonyl (C=O) groups excluding carboxylic acids is 2. The minimum atomic E-state index is -0.414. The number of hydrogen-bond donors (Lipinski definition) is 2. The Balaban J connectivity index is 1.46. The molecule has 2 aliphatic rings. The molecule has 6 nitrogen and oxygen atoms in total. The average Bonchev–Trinajstić information content (AvgIpc) is 3.34. The van der Waals surface area contributed by atoms with Crippen molar-refractivity contribution in [3.8, 4) is 5.75 Å². The Morgan fingerprint density at radius 3 is 2.80 bits per heavy atom. The molecule has 2 fully saturated rings. The van der Waals surface area contributed by atoms with E-state index >= 15 is 0 Å². The van der Waals surface area contributed by atoms with Crippen LogP contribution in [-0.4, -0.2) is 35.4 Å². The number of rotatable bonds is 8. The topological polar surface area (TPSA) is 79.8 Å². The second kappa shape index (κ2) is 8.38. The van der Waals surface area contributed by atoms with Gasteiger partial charge in [0.1, 0.15) is 11.0 Å². The van der Waals surface area contributed by atoms with Crippen LogP contribution in [0.4, 0.5) is 5.69 Å². The first-order valence-electron chi connectivity index (χ1n) is 8.68.